The molecule has 0 unspecified atom stereocenters. The zero-order chi connectivity index (χ0) is 22.8. The van der Waals surface area contributed by atoms with Crippen LogP contribution in [0.1, 0.15) is 44.3 Å². The summed E-state index contributed by atoms with van der Waals surface area (Å²) in [5.41, 5.74) is 6.27. The Hall–Kier alpha value is -3.79. The van der Waals surface area contributed by atoms with E-state index in [1.165, 1.54) is 0 Å². The van der Waals surface area contributed by atoms with E-state index in [0.717, 1.165) is 27.9 Å². The predicted octanol–water partition coefficient (Wildman–Crippen LogP) is 6.26. The molecule has 160 valence electrons. The molecule has 0 radical (unpaired) electrons. The van der Waals surface area contributed by atoms with Gasteiger partial charge in [-0.3, -0.25) is 4.79 Å². The molecule has 1 aromatic heterocycles. The number of esters is 1. The molecule has 0 aliphatic heterocycles. The normalized spacial score (nSPS) is 11.9. The Bertz CT molecular complexity index is 1310. The molecule has 4 aromatic rings. The van der Waals surface area contributed by atoms with Crippen molar-refractivity contribution in [1.82, 2.24) is 4.98 Å². The quantitative estimate of drug-likeness (QED) is 0.281. The number of pyridine rings is 1. The number of carbonyl (C=O) groups is 2. The number of aryl methyl sites for hydroxylation is 2. The number of hydrogen-bond acceptors (Lipinski definition) is 4. The summed E-state index contributed by atoms with van der Waals surface area (Å²) in [4.78, 5) is 30.9. The van der Waals surface area contributed by atoms with Gasteiger partial charge in [-0.05, 0) is 39.3 Å². The lowest BCUT2D eigenvalue weighted by atomic mass is 9.97. The first-order valence-corrected chi connectivity index (χ1v) is 10.6. The third-order valence-corrected chi connectivity index (χ3v) is 5.65. The van der Waals surface area contributed by atoms with Crippen LogP contribution in [0.2, 0.25) is 0 Å². The van der Waals surface area contributed by atoms with Crippen LogP contribution in [0.4, 0.5) is 0 Å². The molecule has 0 N–H and O–H groups in total. The number of para-hydroxylation sites is 1. The number of aromatic nitrogens is 1. The van der Waals surface area contributed by atoms with Crippen LogP contribution in [0.3, 0.4) is 0 Å². The van der Waals surface area contributed by atoms with Gasteiger partial charge < -0.3 is 4.74 Å². The number of fused-ring (bicyclic) bond motifs is 1. The van der Waals surface area contributed by atoms with Crippen molar-refractivity contribution in [2.24, 2.45) is 0 Å². The van der Waals surface area contributed by atoms with Crippen LogP contribution in [0.25, 0.3) is 22.2 Å². The molecular weight excluding hydrogens is 398 g/mol. The molecule has 3 aromatic carbocycles. The number of ether oxygens (including phenoxy) is 1. The second-order valence-corrected chi connectivity index (χ2v) is 8.12. The first-order valence-electron chi connectivity index (χ1n) is 10.6. The van der Waals surface area contributed by atoms with Gasteiger partial charge in [-0.15, -0.1) is 0 Å². The summed E-state index contributed by atoms with van der Waals surface area (Å²) < 4.78 is 5.67. The van der Waals surface area contributed by atoms with Crippen molar-refractivity contribution >= 4 is 22.7 Å². The SMILES string of the molecule is Cc1ccc(C(=O)[C@H](C)OC(=O)c2c(C)c(-c3ccc(C)cc3)nc3ccccc23)cc1. The fraction of sp³-hybridized carbons (Fsp3) is 0.179. The molecule has 1 heterocycles. The Morgan fingerprint density at radius 3 is 2.06 bits per heavy atom. The number of carbonyl (C=O) groups excluding carboxylic acids is 2. The van der Waals surface area contributed by atoms with Crippen LogP contribution in [-0.4, -0.2) is 22.8 Å². The highest BCUT2D eigenvalue weighted by Gasteiger charge is 2.25. The third-order valence-electron chi connectivity index (χ3n) is 5.65. The van der Waals surface area contributed by atoms with Crippen LogP contribution < -0.4 is 0 Å². The molecule has 0 bridgehead atoms. The highest BCUT2D eigenvalue weighted by molar-refractivity contribution is 6.08. The maximum absolute atomic E-state index is 13.3. The van der Waals surface area contributed by atoms with Crippen LogP contribution in [-0.2, 0) is 4.74 Å². The second-order valence-electron chi connectivity index (χ2n) is 8.12. The highest BCUT2D eigenvalue weighted by atomic mass is 16.5. The van der Waals surface area contributed by atoms with Gasteiger partial charge in [-0.2, -0.15) is 0 Å². The van der Waals surface area contributed by atoms with Crippen LogP contribution in [0.15, 0.2) is 72.8 Å². The van der Waals surface area contributed by atoms with Gasteiger partial charge in [0.1, 0.15) is 0 Å². The molecule has 0 fully saturated rings. The minimum absolute atomic E-state index is 0.229. The van der Waals surface area contributed by atoms with E-state index >= 15 is 0 Å². The first kappa shape index (κ1) is 21.4. The van der Waals surface area contributed by atoms with E-state index in [1.54, 1.807) is 19.1 Å². The Kier molecular flexibility index (Phi) is 5.87. The van der Waals surface area contributed by atoms with Gasteiger partial charge in [-0.25, -0.2) is 9.78 Å². The molecule has 4 rings (SSSR count). The molecule has 0 spiro atoms. The van der Waals surface area contributed by atoms with Crippen LogP contribution in [0, 0.1) is 20.8 Å². The Morgan fingerprint density at radius 2 is 1.41 bits per heavy atom. The zero-order valence-electron chi connectivity index (χ0n) is 18.7. The van der Waals surface area contributed by atoms with Crippen molar-refractivity contribution in [3.63, 3.8) is 0 Å². The van der Waals surface area contributed by atoms with Gasteiger partial charge in [0.25, 0.3) is 0 Å². The van der Waals surface area contributed by atoms with E-state index < -0.39 is 12.1 Å². The number of hydrogen-bond donors (Lipinski definition) is 0. The predicted molar refractivity (Wildman–Crippen MR) is 127 cm³/mol. The molecule has 4 heteroatoms. The van der Waals surface area contributed by atoms with E-state index in [9.17, 15) is 9.59 Å². The maximum atomic E-state index is 13.3. The van der Waals surface area contributed by atoms with Crippen molar-refractivity contribution in [2.45, 2.75) is 33.8 Å². The van der Waals surface area contributed by atoms with Crippen LogP contribution >= 0.6 is 0 Å². The molecule has 1 atom stereocenters. The van der Waals surface area contributed by atoms with Gasteiger partial charge in [0.05, 0.1) is 16.8 Å². The molecule has 0 aliphatic rings. The minimum Gasteiger partial charge on any atom is -0.451 e. The topological polar surface area (TPSA) is 56.3 Å². The van der Waals surface area contributed by atoms with Crippen molar-refractivity contribution < 1.29 is 14.3 Å². The number of benzene rings is 3. The molecule has 0 aliphatic carbocycles. The number of Topliss-reactive ketones (excluding diaryl/α,β-unsaturated/α-hetero) is 1. The smallest absolute Gasteiger partial charge is 0.339 e. The lowest BCUT2D eigenvalue weighted by molar-refractivity contribution is 0.0320. The molecule has 0 amide bonds. The fourth-order valence-corrected chi connectivity index (χ4v) is 3.79. The Morgan fingerprint density at radius 1 is 0.812 bits per heavy atom. The van der Waals surface area contributed by atoms with E-state index in [-0.39, 0.29) is 5.78 Å². The summed E-state index contributed by atoms with van der Waals surface area (Å²) in [6, 6.07) is 22.8. The maximum Gasteiger partial charge on any atom is 0.339 e. The second kappa shape index (κ2) is 8.75. The summed E-state index contributed by atoms with van der Waals surface area (Å²) in [5.74, 6) is -0.754. The van der Waals surface area contributed by atoms with Gasteiger partial charge >= 0.3 is 5.97 Å². The average molecular weight is 424 g/mol. The number of rotatable bonds is 5. The summed E-state index contributed by atoms with van der Waals surface area (Å²) >= 11 is 0. The van der Waals surface area contributed by atoms with Crippen molar-refractivity contribution in [3.05, 3.63) is 101 Å². The van der Waals surface area contributed by atoms with Gasteiger partial charge in [-0.1, -0.05) is 77.9 Å². The summed E-state index contributed by atoms with van der Waals surface area (Å²) in [5, 5.41) is 0.709. The average Bonchev–Trinajstić information content (AvgIpc) is 2.79. The summed E-state index contributed by atoms with van der Waals surface area (Å²) in [6.45, 7) is 7.47. The lowest BCUT2D eigenvalue weighted by Gasteiger charge is -2.17. The molecular formula is C28H25NO3. The van der Waals surface area contributed by atoms with Crippen molar-refractivity contribution in [2.75, 3.05) is 0 Å². The monoisotopic (exact) mass is 423 g/mol. The highest BCUT2D eigenvalue weighted by Crippen LogP contribution is 2.30. The van der Waals surface area contributed by atoms with E-state index in [2.05, 4.69) is 0 Å². The van der Waals surface area contributed by atoms with Gasteiger partial charge in [0.2, 0.25) is 5.78 Å². The number of nitrogens with zero attached hydrogens (tertiary/aromatic N) is 1. The first-order chi connectivity index (χ1) is 15.3. The van der Waals surface area contributed by atoms with E-state index in [1.807, 2.05) is 81.4 Å². The lowest BCUT2D eigenvalue weighted by Crippen LogP contribution is -2.25. The van der Waals surface area contributed by atoms with E-state index in [4.69, 9.17) is 9.72 Å². The van der Waals surface area contributed by atoms with Gasteiger partial charge in [0, 0.05) is 16.5 Å². The zero-order valence-corrected chi connectivity index (χ0v) is 18.7. The fourth-order valence-electron chi connectivity index (χ4n) is 3.79. The molecule has 0 saturated heterocycles. The van der Waals surface area contributed by atoms with Gasteiger partial charge in [0.15, 0.2) is 6.10 Å². The Balaban J connectivity index is 1.73. The third kappa shape index (κ3) is 4.17. The van der Waals surface area contributed by atoms with E-state index in [0.29, 0.717) is 22.0 Å². The van der Waals surface area contributed by atoms with Crippen LogP contribution in [0.5, 0.6) is 0 Å². The minimum atomic E-state index is -0.903. The largest absolute Gasteiger partial charge is 0.451 e. The van der Waals surface area contributed by atoms with Crippen molar-refractivity contribution in [1.29, 1.82) is 0 Å². The number of ketones is 1. The Labute approximate surface area is 187 Å². The van der Waals surface area contributed by atoms with Crippen molar-refractivity contribution in [3.8, 4) is 11.3 Å². The summed E-state index contributed by atoms with van der Waals surface area (Å²) in [6.07, 6.45) is -0.903. The summed E-state index contributed by atoms with van der Waals surface area (Å²) in [7, 11) is 0. The molecule has 4 nitrogen and oxygen atoms in total. The molecule has 32 heavy (non-hydrogen) atoms. The standard InChI is InChI=1S/C28H25NO3/c1-17-9-13-21(14-10-17)26-19(3)25(23-7-5-6-8-24(23)29-26)28(31)32-20(4)27(30)22-15-11-18(2)12-16-22/h5-16,20H,1-4H3/t20-/m0/s1. The molecule has 0 saturated carbocycles.